The Morgan fingerprint density at radius 1 is 1.03 bits per heavy atom. The lowest BCUT2D eigenvalue weighted by Gasteiger charge is -2.20. The van der Waals surface area contributed by atoms with E-state index in [-0.39, 0.29) is 28.2 Å². The van der Waals surface area contributed by atoms with Crippen molar-refractivity contribution in [3.05, 3.63) is 58.1 Å². The zero-order chi connectivity index (χ0) is 27.3. The third-order valence-electron chi connectivity index (χ3n) is 6.69. The smallest absolute Gasteiger partial charge is 0.243 e. The van der Waals surface area contributed by atoms with Crippen molar-refractivity contribution in [1.82, 2.24) is 14.1 Å². The minimum absolute atomic E-state index is 0.0421. The van der Waals surface area contributed by atoms with Gasteiger partial charge in [-0.2, -0.15) is 4.31 Å². The summed E-state index contributed by atoms with van der Waals surface area (Å²) >= 11 is 0.842. The Labute approximate surface area is 225 Å². The van der Waals surface area contributed by atoms with Crippen molar-refractivity contribution in [2.45, 2.75) is 38.1 Å². The van der Waals surface area contributed by atoms with E-state index in [2.05, 4.69) is 30.1 Å². The molecule has 1 amide bonds. The number of hydrogen-bond donors (Lipinski definition) is 0. The van der Waals surface area contributed by atoms with Gasteiger partial charge < -0.3 is 14.5 Å². The largest absolute Gasteiger partial charge is 0.497 e. The third kappa shape index (κ3) is 7.34. The Bertz CT molecular complexity index is 1240. The number of nitrogens with zero attached hydrogens (tertiary/aromatic N) is 3. The van der Waals surface area contributed by atoms with Crippen LogP contribution in [0.15, 0.2) is 35.2 Å². The molecule has 10 heteroatoms. The maximum absolute atomic E-state index is 13.1. The van der Waals surface area contributed by atoms with Crippen LogP contribution < -0.4 is 4.74 Å². The lowest BCUT2D eigenvalue weighted by Crippen LogP contribution is -2.33. The van der Waals surface area contributed by atoms with E-state index in [0.29, 0.717) is 23.4 Å². The van der Waals surface area contributed by atoms with Gasteiger partial charge >= 0.3 is 0 Å². The molecule has 0 aromatic heterocycles. The van der Waals surface area contributed by atoms with Crippen LogP contribution >= 0.6 is 11.8 Å². The molecule has 37 heavy (non-hydrogen) atoms. The predicted molar refractivity (Wildman–Crippen MR) is 148 cm³/mol. The molecule has 1 aliphatic rings. The van der Waals surface area contributed by atoms with E-state index in [4.69, 9.17) is 4.74 Å². The van der Waals surface area contributed by atoms with Crippen LogP contribution in [-0.4, -0.2) is 87.2 Å². The van der Waals surface area contributed by atoms with Gasteiger partial charge in [-0.05, 0) is 73.7 Å². The van der Waals surface area contributed by atoms with E-state index in [1.807, 2.05) is 0 Å². The summed E-state index contributed by atoms with van der Waals surface area (Å²) in [6.45, 7) is 5.60. The molecule has 3 rings (SSSR count). The van der Waals surface area contributed by atoms with E-state index < -0.39 is 10.0 Å². The van der Waals surface area contributed by atoms with Crippen LogP contribution in [0.5, 0.6) is 5.75 Å². The van der Waals surface area contributed by atoms with Gasteiger partial charge in [-0.1, -0.05) is 30.0 Å². The molecule has 1 heterocycles. The normalized spacial score (nSPS) is 14.2. The summed E-state index contributed by atoms with van der Waals surface area (Å²) < 4.78 is 32.5. The number of hydrogen-bond acceptors (Lipinski definition) is 7. The van der Waals surface area contributed by atoms with Gasteiger partial charge in [0, 0.05) is 33.7 Å². The zero-order valence-electron chi connectivity index (χ0n) is 22.5. The number of rotatable bonds is 9. The lowest BCUT2D eigenvalue weighted by molar-refractivity contribution is -0.127. The van der Waals surface area contributed by atoms with Gasteiger partial charge in [-0.15, -0.1) is 0 Å². The maximum atomic E-state index is 13.1. The molecule has 1 aliphatic heterocycles. The molecule has 0 aliphatic carbocycles. The molecule has 2 aromatic rings. The van der Waals surface area contributed by atoms with Crippen molar-refractivity contribution >= 4 is 32.8 Å². The van der Waals surface area contributed by atoms with Crippen molar-refractivity contribution in [2.75, 3.05) is 53.6 Å². The Hall–Kier alpha value is -2.40. The van der Waals surface area contributed by atoms with Gasteiger partial charge in [0.1, 0.15) is 5.75 Å². The topological polar surface area (TPSA) is 87.2 Å². The zero-order valence-corrected chi connectivity index (χ0v) is 24.2. The third-order valence-corrected chi connectivity index (χ3v) is 9.64. The molecule has 0 spiro atoms. The second-order valence-corrected chi connectivity index (χ2v) is 12.7. The number of aryl methyl sites for hydroxylation is 2. The summed E-state index contributed by atoms with van der Waals surface area (Å²) in [6.07, 6.45) is 2.02. The molecule has 0 saturated carbocycles. The number of carbonyl (C=O) groups excluding carboxylic acids is 2. The average Bonchev–Trinajstić information content (AvgIpc) is 3.02. The van der Waals surface area contributed by atoms with E-state index >= 15 is 0 Å². The number of sulfonamides is 1. The number of benzene rings is 2. The summed E-state index contributed by atoms with van der Waals surface area (Å²) in [6, 6.07) is 9.71. The summed E-state index contributed by atoms with van der Waals surface area (Å²) in [7, 11) is 2.87. The highest BCUT2D eigenvalue weighted by Crippen LogP contribution is 2.28. The van der Waals surface area contributed by atoms with Crippen LogP contribution in [0.1, 0.15) is 27.8 Å². The number of amides is 1. The van der Waals surface area contributed by atoms with Crippen molar-refractivity contribution < 1.29 is 22.7 Å². The van der Waals surface area contributed by atoms with Crippen molar-refractivity contribution in [2.24, 2.45) is 0 Å². The summed E-state index contributed by atoms with van der Waals surface area (Å²) in [4.78, 5) is 29.4. The van der Waals surface area contributed by atoms with Crippen LogP contribution in [0.2, 0.25) is 0 Å². The first kappa shape index (κ1) is 29.2. The average molecular weight is 548 g/mol. The molecule has 8 nitrogen and oxygen atoms in total. The Morgan fingerprint density at radius 3 is 2.27 bits per heavy atom. The van der Waals surface area contributed by atoms with Crippen LogP contribution in [-0.2, 0) is 39.0 Å². The number of carbonyl (C=O) groups is 2. The van der Waals surface area contributed by atoms with Crippen LogP contribution in [0.4, 0.5) is 0 Å². The van der Waals surface area contributed by atoms with E-state index in [1.165, 1.54) is 25.3 Å². The molecule has 202 valence electrons. The molecule has 0 bridgehead atoms. The van der Waals surface area contributed by atoms with E-state index in [9.17, 15) is 18.0 Å². The summed E-state index contributed by atoms with van der Waals surface area (Å²) in [5.41, 5.74) is 4.85. The summed E-state index contributed by atoms with van der Waals surface area (Å²) in [5.74, 6) is 0.351. The number of ether oxygens (including phenoxy) is 1. The lowest BCUT2D eigenvalue weighted by atomic mass is 10.00. The molecule has 0 unspecified atom stereocenters. The molecule has 0 fully saturated rings. The highest BCUT2D eigenvalue weighted by atomic mass is 32.2. The minimum atomic E-state index is -3.88. The van der Waals surface area contributed by atoms with Crippen LogP contribution in [0.3, 0.4) is 0 Å². The van der Waals surface area contributed by atoms with Crippen LogP contribution in [0, 0.1) is 13.8 Å². The first-order chi connectivity index (χ1) is 17.4. The highest BCUT2D eigenvalue weighted by molar-refractivity contribution is 8.14. The van der Waals surface area contributed by atoms with Crippen molar-refractivity contribution in [1.29, 1.82) is 0 Å². The molecule has 0 atom stereocenters. The molecule has 0 N–H and O–H groups in total. The van der Waals surface area contributed by atoms with Gasteiger partial charge in [-0.25, -0.2) is 8.42 Å². The SMILES string of the molecule is COc1cc(C)c(S(=O)(=O)N(C)CC(=O)SCC(=O)N(C)Cc2ccc3c(c2)CCN(C)CC3)c(C)c1. The standard InChI is InChI=1S/C27H37N3O5S2/c1-19-13-24(35-6)14-20(2)27(19)37(33,34)30(5)17-26(32)36-18-25(31)29(4)16-21-7-8-22-9-11-28(3)12-10-23(22)15-21/h7-8,13-15H,9-12,16-18H2,1-6H3. The summed E-state index contributed by atoms with van der Waals surface area (Å²) in [5, 5.41) is -0.384. The monoisotopic (exact) mass is 547 g/mol. The first-order valence-electron chi connectivity index (χ1n) is 12.2. The minimum Gasteiger partial charge on any atom is -0.497 e. The fourth-order valence-electron chi connectivity index (χ4n) is 4.51. The maximum Gasteiger partial charge on any atom is 0.243 e. The Morgan fingerprint density at radius 2 is 1.65 bits per heavy atom. The Kier molecular flexibility index (Phi) is 9.80. The second-order valence-electron chi connectivity index (χ2n) is 9.67. The molecular formula is C27H37N3O5S2. The van der Waals surface area contributed by atoms with Crippen molar-refractivity contribution in [3.63, 3.8) is 0 Å². The van der Waals surface area contributed by atoms with Crippen LogP contribution in [0.25, 0.3) is 0 Å². The quantitative estimate of drug-likeness (QED) is 0.477. The second kappa shape index (κ2) is 12.4. The molecule has 0 saturated heterocycles. The van der Waals surface area contributed by atoms with E-state index in [1.54, 1.807) is 37.9 Å². The number of methoxy groups -OCH3 is 1. The number of thioether (sulfide) groups is 1. The Balaban J connectivity index is 1.55. The van der Waals surface area contributed by atoms with Gasteiger partial charge in [0.2, 0.25) is 21.0 Å². The van der Waals surface area contributed by atoms with Gasteiger partial charge in [0.15, 0.2) is 0 Å². The molecule has 2 aromatic carbocycles. The first-order valence-corrected chi connectivity index (χ1v) is 14.6. The molecule has 0 radical (unpaired) electrons. The van der Waals surface area contributed by atoms with Gasteiger partial charge in [0.25, 0.3) is 0 Å². The highest BCUT2D eigenvalue weighted by Gasteiger charge is 2.27. The molecular weight excluding hydrogens is 510 g/mol. The predicted octanol–water partition coefficient (Wildman–Crippen LogP) is 2.88. The fourth-order valence-corrected chi connectivity index (χ4v) is 6.91. The van der Waals surface area contributed by atoms with Gasteiger partial charge in [0.05, 0.1) is 24.3 Å². The fraction of sp³-hybridized carbons (Fsp3) is 0.481. The number of likely N-dealkylation sites (N-methyl/N-ethyl adjacent to an activating group) is 2. The van der Waals surface area contributed by atoms with E-state index in [0.717, 1.165) is 47.6 Å². The van der Waals surface area contributed by atoms with Gasteiger partial charge in [-0.3, -0.25) is 9.59 Å². The van der Waals surface area contributed by atoms with Crippen molar-refractivity contribution in [3.8, 4) is 5.75 Å². The number of fused-ring (bicyclic) bond motifs is 1.